The Hall–Kier alpha value is -2.69. The molecule has 0 spiro atoms. The van der Waals surface area contributed by atoms with Gasteiger partial charge in [0.05, 0.1) is 5.52 Å². The van der Waals surface area contributed by atoms with Crippen LogP contribution >= 0.6 is 23.4 Å². The molecule has 0 amide bonds. The second kappa shape index (κ2) is 8.36. The van der Waals surface area contributed by atoms with Gasteiger partial charge in [0, 0.05) is 39.4 Å². The van der Waals surface area contributed by atoms with E-state index in [1.165, 1.54) is 23.1 Å². The van der Waals surface area contributed by atoms with Gasteiger partial charge in [0.25, 0.3) is 0 Å². The van der Waals surface area contributed by atoms with Crippen molar-refractivity contribution in [1.82, 2.24) is 4.57 Å². The molecule has 0 aliphatic carbocycles. The Bertz CT molecular complexity index is 1180. The van der Waals surface area contributed by atoms with Gasteiger partial charge in [-0.25, -0.2) is 0 Å². The van der Waals surface area contributed by atoms with Gasteiger partial charge in [-0.15, -0.1) is 0 Å². The molecule has 4 rings (SSSR count). The normalized spacial score (nSPS) is 11.0. The molecule has 4 aromatic rings. The van der Waals surface area contributed by atoms with E-state index in [1.54, 1.807) is 17.8 Å². The maximum absolute atomic E-state index is 11.3. The third kappa shape index (κ3) is 4.34. The standard InChI is InChI=1S/C24H20ClNO2S/c1-16-24(29-21-10-6-9-20(14-21)28-17(2)27)22-12-11-19(25)13-23(22)26(16)15-18-7-4-3-5-8-18/h3-14H,15H2,1-2H3. The van der Waals surface area contributed by atoms with Crippen LogP contribution in [0.25, 0.3) is 10.9 Å². The van der Waals surface area contributed by atoms with Crippen LogP contribution in [0, 0.1) is 6.92 Å². The number of carbonyl (C=O) groups excluding carboxylic acids is 1. The topological polar surface area (TPSA) is 31.2 Å². The molecule has 0 bridgehead atoms. The number of esters is 1. The molecular weight excluding hydrogens is 402 g/mol. The molecule has 29 heavy (non-hydrogen) atoms. The van der Waals surface area contributed by atoms with Crippen LogP contribution < -0.4 is 4.74 Å². The number of benzene rings is 3. The SMILES string of the molecule is CC(=O)Oc1cccc(Sc2c(C)n(Cc3ccccc3)c3cc(Cl)ccc23)c1. The van der Waals surface area contributed by atoms with E-state index in [0.717, 1.165) is 27.4 Å². The van der Waals surface area contributed by atoms with Gasteiger partial charge < -0.3 is 9.30 Å². The Morgan fingerprint density at radius 3 is 2.59 bits per heavy atom. The lowest BCUT2D eigenvalue weighted by molar-refractivity contribution is -0.131. The van der Waals surface area contributed by atoms with Gasteiger partial charge in [-0.05, 0) is 42.8 Å². The molecular formula is C24H20ClNO2S. The number of aromatic nitrogens is 1. The quantitative estimate of drug-likeness (QED) is 0.264. The predicted molar refractivity (Wildman–Crippen MR) is 119 cm³/mol. The first kappa shape index (κ1) is 19.6. The van der Waals surface area contributed by atoms with E-state index in [2.05, 4.69) is 41.8 Å². The van der Waals surface area contributed by atoms with E-state index < -0.39 is 0 Å². The number of ether oxygens (including phenoxy) is 1. The van der Waals surface area contributed by atoms with Crippen molar-refractivity contribution in [3.05, 3.63) is 89.1 Å². The third-order valence-electron chi connectivity index (χ3n) is 4.70. The summed E-state index contributed by atoms with van der Waals surface area (Å²) in [4.78, 5) is 13.5. The third-order valence-corrected chi connectivity index (χ3v) is 6.14. The maximum Gasteiger partial charge on any atom is 0.308 e. The molecule has 1 heterocycles. The predicted octanol–water partition coefficient (Wildman–Crippen LogP) is 6.73. The zero-order valence-electron chi connectivity index (χ0n) is 16.2. The van der Waals surface area contributed by atoms with Crippen LogP contribution in [0.3, 0.4) is 0 Å². The smallest absolute Gasteiger partial charge is 0.308 e. The summed E-state index contributed by atoms with van der Waals surface area (Å²) in [6, 6.07) is 24.0. The lowest BCUT2D eigenvalue weighted by Crippen LogP contribution is -2.01. The van der Waals surface area contributed by atoms with Gasteiger partial charge in [0.15, 0.2) is 0 Å². The number of rotatable bonds is 5. The van der Waals surface area contributed by atoms with Crippen molar-refractivity contribution in [1.29, 1.82) is 0 Å². The average molecular weight is 422 g/mol. The highest BCUT2D eigenvalue weighted by molar-refractivity contribution is 7.99. The lowest BCUT2D eigenvalue weighted by atomic mass is 10.2. The Labute approximate surface area is 179 Å². The summed E-state index contributed by atoms with van der Waals surface area (Å²) in [6.07, 6.45) is 0. The van der Waals surface area contributed by atoms with Crippen molar-refractivity contribution in [3.8, 4) is 5.75 Å². The van der Waals surface area contributed by atoms with E-state index in [1.807, 2.05) is 36.4 Å². The number of carbonyl (C=O) groups is 1. The largest absolute Gasteiger partial charge is 0.427 e. The van der Waals surface area contributed by atoms with Crippen molar-refractivity contribution < 1.29 is 9.53 Å². The van der Waals surface area contributed by atoms with Crippen LogP contribution in [-0.4, -0.2) is 10.5 Å². The highest BCUT2D eigenvalue weighted by atomic mass is 35.5. The van der Waals surface area contributed by atoms with Crippen LogP contribution in [0.2, 0.25) is 5.02 Å². The first-order valence-electron chi connectivity index (χ1n) is 9.30. The fourth-order valence-corrected chi connectivity index (χ4v) is 4.67. The summed E-state index contributed by atoms with van der Waals surface area (Å²) < 4.78 is 7.54. The van der Waals surface area contributed by atoms with E-state index >= 15 is 0 Å². The molecule has 1 aromatic heterocycles. The molecule has 0 aliphatic rings. The van der Waals surface area contributed by atoms with Gasteiger partial charge in [0.2, 0.25) is 0 Å². The van der Waals surface area contributed by atoms with Crippen LogP contribution in [0.5, 0.6) is 5.75 Å². The summed E-state index contributed by atoms with van der Waals surface area (Å²) >= 11 is 7.98. The molecule has 0 radical (unpaired) electrons. The van der Waals surface area contributed by atoms with Gasteiger partial charge in [-0.3, -0.25) is 4.79 Å². The first-order chi connectivity index (χ1) is 14.0. The van der Waals surface area contributed by atoms with E-state index in [-0.39, 0.29) is 5.97 Å². The highest BCUT2D eigenvalue weighted by Crippen LogP contribution is 2.40. The molecule has 3 aromatic carbocycles. The molecule has 146 valence electrons. The fraction of sp³-hybridized carbons (Fsp3) is 0.125. The van der Waals surface area contributed by atoms with Crippen molar-refractivity contribution >= 4 is 40.2 Å². The number of hydrogen-bond donors (Lipinski definition) is 0. The van der Waals surface area contributed by atoms with Gasteiger partial charge >= 0.3 is 5.97 Å². The second-order valence-corrected chi connectivity index (χ2v) is 8.34. The van der Waals surface area contributed by atoms with Crippen LogP contribution in [-0.2, 0) is 11.3 Å². The Kier molecular flexibility index (Phi) is 5.65. The van der Waals surface area contributed by atoms with E-state index in [9.17, 15) is 4.79 Å². The zero-order valence-corrected chi connectivity index (χ0v) is 17.8. The molecule has 0 saturated heterocycles. The van der Waals surface area contributed by atoms with Crippen LogP contribution in [0.1, 0.15) is 18.2 Å². The Morgan fingerprint density at radius 1 is 1.03 bits per heavy atom. The molecule has 0 N–H and O–H groups in total. The molecule has 0 atom stereocenters. The van der Waals surface area contributed by atoms with Crippen LogP contribution in [0.4, 0.5) is 0 Å². The van der Waals surface area contributed by atoms with Crippen molar-refractivity contribution in [2.45, 2.75) is 30.2 Å². The van der Waals surface area contributed by atoms with Crippen molar-refractivity contribution in [2.24, 2.45) is 0 Å². The summed E-state index contributed by atoms with van der Waals surface area (Å²) in [5.74, 6) is 0.230. The maximum atomic E-state index is 11.3. The highest BCUT2D eigenvalue weighted by Gasteiger charge is 2.16. The van der Waals surface area contributed by atoms with E-state index in [4.69, 9.17) is 16.3 Å². The monoisotopic (exact) mass is 421 g/mol. The summed E-state index contributed by atoms with van der Waals surface area (Å²) in [7, 11) is 0. The average Bonchev–Trinajstić information content (AvgIpc) is 2.94. The molecule has 0 aliphatic heterocycles. The molecule has 3 nitrogen and oxygen atoms in total. The van der Waals surface area contributed by atoms with Gasteiger partial charge in [-0.1, -0.05) is 65.8 Å². The van der Waals surface area contributed by atoms with Crippen LogP contribution in [0.15, 0.2) is 82.6 Å². The molecule has 0 unspecified atom stereocenters. The first-order valence-corrected chi connectivity index (χ1v) is 10.5. The number of nitrogens with zero attached hydrogens (tertiary/aromatic N) is 1. The minimum absolute atomic E-state index is 0.322. The number of hydrogen-bond acceptors (Lipinski definition) is 3. The number of fused-ring (bicyclic) bond motifs is 1. The van der Waals surface area contributed by atoms with Gasteiger partial charge in [-0.2, -0.15) is 0 Å². The molecule has 0 saturated carbocycles. The second-order valence-electron chi connectivity index (χ2n) is 6.82. The van der Waals surface area contributed by atoms with Crippen molar-refractivity contribution in [3.63, 3.8) is 0 Å². The van der Waals surface area contributed by atoms with E-state index in [0.29, 0.717) is 5.75 Å². The lowest BCUT2D eigenvalue weighted by Gasteiger charge is -2.09. The summed E-state index contributed by atoms with van der Waals surface area (Å²) in [5.41, 5.74) is 3.52. The number of halogens is 1. The Balaban J connectivity index is 1.77. The summed E-state index contributed by atoms with van der Waals surface area (Å²) in [5, 5.41) is 1.88. The molecule has 5 heteroatoms. The zero-order chi connectivity index (χ0) is 20.4. The Morgan fingerprint density at radius 2 is 1.83 bits per heavy atom. The van der Waals surface area contributed by atoms with Gasteiger partial charge in [0.1, 0.15) is 5.75 Å². The summed E-state index contributed by atoms with van der Waals surface area (Å²) in [6.45, 7) is 4.32. The minimum atomic E-state index is -0.322. The fourth-order valence-electron chi connectivity index (χ4n) is 3.40. The molecule has 0 fully saturated rings. The minimum Gasteiger partial charge on any atom is -0.427 e. The van der Waals surface area contributed by atoms with Crippen molar-refractivity contribution in [2.75, 3.05) is 0 Å².